The zero-order valence-electron chi connectivity index (χ0n) is 6.27. The molecule has 0 aliphatic heterocycles. The number of rotatable bonds is 2. The van der Waals surface area contributed by atoms with Gasteiger partial charge >= 0.3 is 0 Å². The third-order valence-electron chi connectivity index (χ3n) is 1.47. The molecule has 1 N–H and O–H groups in total. The highest BCUT2D eigenvalue weighted by Gasteiger charge is 2.18. The maximum absolute atomic E-state index is 12.3. The van der Waals surface area contributed by atoms with E-state index >= 15 is 0 Å². The minimum Gasteiger partial charge on any atom is -0.506 e. The summed E-state index contributed by atoms with van der Waals surface area (Å²) in [5.74, 6) is -0.157. The van der Waals surface area contributed by atoms with Crippen LogP contribution < -0.4 is 0 Å². The summed E-state index contributed by atoms with van der Waals surface area (Å²) in [6.45, 7) is 0. The van der Waals surface area contributed by atoms with Gasteiger partial charge in [-0.1, -0.05) is 0 Å². The first kappa shape index (κ1) is 10.9. The van der Waals surface area contributed by atoms with E-state index in [1.165, 1.54) is 0 Å². The van der Waals surface area contributed by atoms with Crippen LogP contribution >= 0.6 is 34.2 Å². The van der Waals surface area contributed by atoms with Gasteiger partial charge in [-0.2, -0.15) is 0 Å². The molecular weight excluding hydrogens is 314 g/mol. The predicted octanol–water partition coefficient (Wildman–Crippen LogP) is 3.07. The standard InChI is InChI=1S/C7H5ClF2INO/c8-1-3-4(13)2-12-6(5(3)11)7(9)10/h2,7,13H,1H2. The fourth-order valence-electron chi connectivity index (χ4n) is 0.812. The molecule has 0 radical (unpaired) electrons. The topological polar surface area (TPSA) is 33.1 Å². The van der Waals surface area contributed by atoms with E-state index in [1.807, 2.05) is 0 Å². The van der Waals surface area contributed by atoms with E-state index in [-0.39, 0.29) is 20.9 Å². The van der Waals surface area contributed by atoms with Crippen LogP contribution in [0.25, 0.3) is 0 Å². The maximum atomic E-state index is 12.3. The van der Waals surface area contributed by atoms with Gasteiger partial charge in [-0.25, -0.2) is 8.78 Å². The van der Waals surface area contributed by atoms with Gasteiger partial charge in [0.05, 0.1) is 12.1 Å². The number of nitrogens with zero attached hydrogens (tertiary/aromatic N) is 1. The molecular formula is C7H5ClF2INO. The molecule has 0 aliphatic rings. The molecule has 6 heteroatoms. The molecule has 1 rings (SSSR count). The van der Waals surface area contributed by atoms with Crippen LogP contribution in [0.5, 0.6) is 5.75 Å². The van der Waals surface area contributed by atoms with E-state index in [9.17, 15) is 13.9 Å². The van der Waals surface area contributed by atoms with Gasteiger partial charge in [-0.3, -0.25) is 4.98 Å². The summed E-state index contributed by atoms with van der Waals surface area (Å²) in [7, 11) is 0. The Hall–Kier alpha value is -0.170. The van der Waals surface area contributed by atoms with Crippen molar-refractivity contribution < 1.29 is 13.9 Å². The van der Waals surface area contributed by atoms with E-state index in [0.29, 0.717) is 5.56 Å². The molecule has 72 valence electrons. The highest BCUT2D eigenvalue weighted by Crippen LogP contribution is 2.30. The number of hydrogen-bond donors (Lipinski definition) is 1. The van der Waals surface area contributed by atoms with Gasteiger partial charge in [0.2, 0.25) is 0 Å². The van der Waals surface area contributed by atoms with Crippen LogP contribution in [0, 0.1) is 3.57 Å². The Kier molecular flexibility index (Phi) is 3.66. The first-order valence-corrected chi connectivity index (χ1v) is 4.89. The lowest BCUT2D eigenvalue weighted by Crippen LogP contribution is -1.98. The van der Waals surface area contributed by atoms with Crippen molar-refractivity contribution in [3.63, 3.8) is 0 Å². The van der Waals surface area contributed by atoms with Crippen molar-refractivity contribution in [2.75, 3.05) is 0 Å². The molecule has 0 aromatic carbocycles. The molecule has 0 aliphatic carbocycles. The van der Waals surface area contributed by atoms with Crippen molar-refractivity contribution in [2.24, 2.45) is 0 Å². The van der Waals surface area contributed by atoms with Gasteiger partial charge in [-0.05, 0) is 22.6 Å². The Morgan fingerprint density at radius 3 is 2.69 bits per heavy atom. The Balaban J connectivity index is 3.27. The van der Waals surface area contributed by atoms with E-state index in [0.717, 1.165) is 6.20 Å². The number of aromatic hydroxyl groups is 1. The minimum absolute atomic E-state index is 0.00759. The van der Waals surface area contributed by atoms with E-state index < -0.39 is 6.43 Å². The van der Waals surface area contributed by atoms with Crippen LogP contribution in [0.4, 0.5) is 8.78 Å². The van der Waals surface area contributed by atoms with Crippen LogP contribution in [0.3, 0.4) is 0 Å². The molecule has 0 saturated heterocycles. The van der Waals surface area contributed by atoms with Crippen molar-refractivity contribution >= 4 is 34.2 Å². The largest absolute Gasteiger partial charge is 0.506 e. The SMILES string of the molecule is Oc1cnc(C(F)F)c(I)c1CCl. The van der Waals surface area contributed by atoms with Gasteiger partial charge < -0.3 is 5.11 Å². The molecule has 0 spiro atoms. The van der Waals surface area contributed by atoms with Crippen LogP contribution in [-0.2, 0) is 5.88 Å². The molecule has 1 aromatic heterocycles. The smallest absolute Gasteiger partial charge is 0.281 e. The van der Waals surface area contributed by atoms with E-state index in [1.54, 1.807) is 22.6 Å². The number of pyridine rings is 1. The Morgan fingerprint density at radius 1 is 1.62 bits per heavy atom. The summed E-state index contributed by atoms with van der Waals surface area (Å²) in [5, 5.41) is 9.20. The second-order valence-corrected chi connectivity index (χ2v) is 3.60. The lowest BCUT2D eigenvalue weighted by Gasteiger charge is -2.07. The van der Waals surface area contributed by atoms with Gasteiger partial charge in [-0.15, -0.1) is 11.6 Å². The fraction of sp³-hybridized carbons (Fsp3) is 0.286. The van der Waals surface area contributed by atoms with Crippen molar-refractivity contribution in [3.8, 4) is 5.75 Å². The van der Waals surface area contributed by atoms with Crippen molar-refractivity contribution in [2.45, 2.75) is 12.3 Å². The lowest BCUT2D eigenvalue weighted by molar-refractivity contribution is 0.144. The molecule has 0 amide bonds. The Labute approximate surface area is 92.1 Å². The molecule has 0 saturated carbocycles. The van der Waals surface area contributed by atoms with Gasteiger partial charge in [0, 0.05) is 9.13 Å². The van der Waals surface area contributed by atoms with Crippen LogP contribution in [0.15, 0.2) is 6.20 Å². The molecule has 0 unspecified atom stereocenters. The van der Waals surface area contributed by atoms with E-state index in [4.69, 9.17) is 11.6 Å². The summed E-state index contributed by atoms with van der Waals surface area (Å²) in [5.41, 5.74) is -0.0402. The quantitative estimate of drug-likeness (QED) is 0.671. The van der Waals surface area contributed by atoms with Crippen LogP contribution in [0.1, 0.15) is 17.7 Å². The van der Waals surface area contributed by atoms with Crippen molar-refractivity contribution in [1.29, 1.82) is 0 Å². The summed E-state index contributed by atoms with van der Waals surface area (Å²) >= 11 is 7.17. The summed E-state index contributed by atoms with van der Waals surface area (Å²) < 4.78 is 24.8. The minimum atomic E-state index is -2.64. The van der Waals surface area contributed by atoms with Gasteiger partial charge in [0.15, 0.2) is 0 Å². The highest BCUT2D eigenvalue weighted by atomic mass is 127. The lowest BCUT2D eigenvalue weighted by atomic mass is 10.2. The second kappa shape index (κ2) is 4.36. The third-order valence-corrected chi connectivity index (χ3v) is 2.94. The fourth-order valence-corrected chi connectivity index (χ4v) is 2.15. The number of halogens is 4. The first-order valence-electron chi connectivity index (χ1n) is 3.28. The average Bonchev–Trinajstić information content (AvgIpc) is 2.04. The van der Waals surface area contributed by atoms with E-state index in [2.05, 4.69) is 4.98 Å². The highest BCUT2D eigenvalue weighted by molar-refractivity contribution is 14.1. The average molecular weight is 319 g/mol. The molecule has 0 fully saturated rings. The Bertz CT molecular complexity index is 322. The maximum Gasteiger partial charge on any atom is 0.281 e. The summed E-state index contributed by atoms with van der Waals surface area (Å²) in [6, 6.07) is 0. The third kappa shape index (κ3) is 2.19. The monoisotopic (exact) mass is 319 g/mol. The predicted molar refractivity (Wildman–Crippen MR) is 53.1 cm³/mol. The number of alkyl halides is 3. The molecule has 13 heavy (non-hydrogen) atoms. The van der Waals surface area contributed by atoms with Crippen molar-refractivity contribution in [1.82, 2.24) is 4.98 Å². The molecule has 1 heterocycles. The van der Waals surface area contributed by atoms with Crippen LogP contribution in [-0.4, -0.2) is 10.1 Å². The number of hydrogen-bond acceptors (Lipinski definition) is 2. The normalized spacial score (nSPS) is 10.8. The Morgan fingerprint density at radius 2 is 2.23 bits per heavy atom. The molecule has 2 nitrogen and oxygen atoms in total. The summed E-state index contributed by atoms with van der Waals surface area (Å²) in [4.78, 5) is 3.42. The zero-order chi connectivity index (χ0) is 10.0. The van der Waals surface area contributed by atoms with Gasteiger partial charge in [0.1, 0.15) is 11.4 Å². The first-order chi connectivity index (χ1) is 6.07. The summed E-state index contributed by atoms with van der Waals surface area (Å²) in [6.07, 6.45) is -1.66. The number of aromatic nitrogens is 1. The molecule has 0 atom stereocenters. The molecule has 1 aromatic rings. The van der Waals surface area contributed by atoms with Crippen LogP contribution in [0.2, 0.25) is 0 Å². The molecule has 0 bridgehead atoms. The second-order valence-electron chi connectivity index (χ2n) is 2.26. The van der Waals surface area contributed by atoms with Gasteiger partial charge in [0.25, 0.3) is 6.43 Å². The van der Waals surface area contributed by atoms with Crippen molar-refractivity contribution in [3.05, 3.63) is 21.0 Å². The zero-order valence-corrected chi connectivity index (χ0v) is 9.18.